The molecule has 0 radical (unpaired) electrons. The van der Waals surface area contributed by atoms with Crippen molar-refractivity contribution in [1.82, 2.24) is 0 Å². The molecule has 0 saturated carbocycles. The van der Waals surface area contributed by atoms with Gasteiger partial charge >= 0.3 is 0 Å². The molecule has 0 aliphatic heterocycles. The van der Waals surface area contributed by atoms with Gasteiger partial charge in [-0.25, -0.2) is 0 Å². The average Bonchev–Trinajstić information content (AvgIpc) is 2.42. The van der Waals surface area contributed by atoms with Crippen molar-refractivity contribution in [2.24, 2.45) is 0 Å². The van der Waals surface area contributed by atoms with Crippen LogP contribution in [0, 0.1) is 0 Å². The third-order valence-corrected chi connectivity index (χ3v) is 4.73. The van der Waals surface area contributed by atoms with E-state index in [2.05, 4.69) is 15.9 Å². The molecule has 0 atom stereocenters. The van der Waals surface area contributed by atoms with Gasteiger partial charge in [-0.1, -0.05) is 69.1 Å². The largest absolute Gasteiger partial charge is 0.289 e. The Morgan fingerprint density at radius 1 is 1.10 bits per heavy atom. The first-order valence-electron chi connectivity index (χ1n) is 5.65. The highest BCUT2D eigenvalue weighted by Crippen LogP contribution is 2.34. The van der Waals surface area contributed by atoms with Crippen LogP contribution >= 0.6 is 50.9 Å². The van der Waals surface area contributed by atoms with Crippen molar-refractivity contribution in [2.45, 2.75) is 4.90 Å². The van der Waals surface area contributed by atoms with Gasteiger partial charge in [-0.2, -0.15) is 0 Å². The first kappa shape index (κ1) is 15.6. The standard InChI is InChI=1S/C15H9BrCl2OS/c16-11-4-1-3-10(9-11)14(19)7-8-20-15-12(17)5-2-6-13(15)18/h1-9H. The van der Waals surface area contributed by atoms with Crippen LogP contribution in [0.3, 0.4) is 0 Å². The van der Waals surface area contributed by atoms with Crippen LogP contribution in [0.2, 0.25) is 10.0 Å². The van der Waals surface area contributed by atoms with Crippen molar-refractivity contribution < 1.29 is 4.79 Å². The molecule has 102 valence electrons. The summed E-state index contributed by atoms with van der Waals surface area (Å²) in [5.74, 6) is -0.0676. The predicted octanol–water partition coefficient (Wildman–Crippen LogP) is 6.24. The lowest BCUT2D eigenvalue weighted by Crippen LogP contribution is -1.92. The van der Waals surface area contributed by atoms with Crippen LogP contribution < -0.4 is 0 Å². The van der Waals surface area contributed by atoms with E-state index in [1.165, 1.54) is 17.8 Å². The molecule has 2 aromatic rings. The van der Waals surface area contributed by atoms with Gasteiger partial charge in [-0.15, -0.1) is 0 Å². The zero-order valence-electron chi connectivity index (χ0n) is 10.1. The van der Waals surface area contributed by atoms with E-state index in [1.54, 1.807) is 35.7 Å². The number of rotatable bonds is 4. The third kappa shape index (κ3) is 4.13. The number of hydrogen-bond donors (Lipinski definition) is 0. The van der Waals surface area contributed by atoms with E-state index in [0.29, 0.717) is 15.6 Å². The zero-order chi connectivity index (χ0) is 14.5. The van der Waals surface area contributed by atoms with E-state index in [-0.39, 0.29) is 5.78 Å². The molecular formula is C15H9BrCl2OS. The highest BCUT2D eigenvalue weighted by atomic mass is 79.9. The number of hydrogen-bond acceptors (Lipinski definition) is 2. The van der Waals surface area contributed by atoms with Crippen molar-refractivity contribution in [2.75, 3.05) is 0 Å². The van der Waals surface area contributed by atoms with Gasteiger partial charge in [0.1, 0.15) is 0 Å². The molecule has 2 rings (SSSR count). The summed E-state index contributed by atoms with van der Waals surface area (Å²) in [6.07, 6.45) is 1.51. The molecule has 0 aromatic heterocycles. The van der Waals surface area contributed by atoms with Crippen LogP contribution in [-0.4, -0.2) is 5.78 Å². The van der Waals surface area contributed by atoms with Crippen molar-refractivity contribution in [3.8, 4) is 0 Å². The second kappa shape index (κ2) is 7.32. The molecule has 0 spiro atoms. The third-order valence-electron chi connectivity index (χ3n) is 2.43. The molecule has 0 aliphatic carbocycles. The van der Waals surface area contributed by atoms with Gasteiger partial charge in [0.05, 0.1) is 10.0 Å². The van der Waals surface area contributed by atoms with Crippen molar-refractivity contribution >= 4 is 56.7 Å². The van der Waals surface area contributed by atoms with Gasteiger partial charge < -0.3 is 0 Å². The summed E-state index contributed by atoms with van der Waals surface area (Å²) in [4.78, 5) is 12.7. The predicted molar refractivity (Wildman–Crippen MR) is 89.9 cm³/mol. The number of allylic oxidation sites excluding steroid dienone is 1. The summed E-state index contributed by atoms with van der Waals surface area (Å²) in [5.41, 5.74) is 0.626. The average molecular weight is 388 g/mol. The first-order chi connectivity index (χ1) is 9.58. The molecule has 0 bridgehead atoms. The van der Waals surface area contributed by atoms with Gasteiger partial charge in [0.2, 0.25) is 0 Å². The number of benzene rings is 2. The Morgan fingerprint density at radius 3 is 2.40 bits per heavy atom. The molecule has 2 aromatic carbocycles. The van der Waals surface area contributed by atoms with E-state index in [1.807, 2.05) is 12.1 Å². The maximum atomic E-state index is 12.0. The second-order valence-corrected chi connectivity index (χ2v) is 6.49. The molecule has 0 amide bonds. The van der Waals surface area contributed by atoms with Crippen LogP contribution in [0.4, 0.5) is 0 Å². The van der Waals surface area contributed by atoms with E-state index < -0.39 is 0 Å². The molecule has 1 nitrogen and oxygen atoms in total. The molecule has 0 saturated heterocycles. The Kier molecular flexibility index (Phi) is 5.73. The SMILES string of the molecule is O=C(C=CSc1c(Cl)cccc1Cl)c1cccc(Br)c1. The van der Waals surface area contributed by atoms with Gasteiger partial charge in [-0.3, -0.25) is 4.79 Å². The first-order valence-corrected chi connectivity index (χ1v) is 8.08. The molecule has 0 fully saturated rings. The summed E-state index contributed by atoms with van der Waals surface area (Å²) in [6, 6.07) is 12.6. The molecular weight excluding hydrogens is 379 g/mol. The molecule has 0 unspecified atom stereocenters. The maximum absolute atomic E-state index is 12.0. The summed E-state index contributed by atoms with van der Waals surface area (Å²) >= 11 is 16.8. The number of thioether (sulfide) groups is 1. The maximum Gasteiger partial charge on any atom is 0.186 e. The summed E-state index contributed by atoms with van der Waals surface area (Å²) in [7, 11) is 0. The Bertz CT molecular complexity index is 650. The fourth-order valence-corrected chi connectivity index (χ4v) is 3.25. The van der Waals surface area contributed by atoms with E-state index in [4.69, 9.17) is 23.2 Å². The fraction of sp³-hybridized carbons (Fsp3) is 0. The topological polar surface area (TPSA) is 17.1 Å². The monoisotopic (exact) mass is 386 g/mol. The number of carbonyl (C=O) groups excluding carboxylic acids is 1. The number of ketones is 1. The summed E-state index contributed by atoms with van der Waals surface area (Å²) in [6.45, 7) is 0. The minimum atomic E-state index is -0.0676. The van der Waals surface area contributed by atoms with Gasteiger partial charge in [-0.05, 0) is 35.7 Å². The van der Waals surface area contributed by atoms with Crippen LogP contribution in [0.5, 0.6) is 0 Å². The molecule has 0 aliphatic rings. The Labute approximate surface area is 140 Å². The highest BCUT2D eigenvalue weighted by Gasteiger charge is 2.05. The second-order valence-electron chi connectivity index (χ2n) is 3.85. The van der Waals surface area contributed by atoms with E-state index in [0.717, 1.165) is 9.37 Å². The zero-order valence-corrected chi connectivity index (χ0v) is 14.1. The van der Waals surface area contributed by atoms with E-state index in [9.17, 15) is 4.79 Å². The summed E-state index contributed by atoms with van der Waals surface area (Å²) < 4.78 is 0.874. The van der Waals surface area contributed by atoms with Crippen LogP contribution in [0.25, 0.3) is 0 Å². The molecule has 0 N–H and O–H groups in total. The minimum absolute atomic E-state index is 0.0676. The normalized spacial score (nSPS) is 10.9. The molecule has 20 heavy (non-hydrogen) atoms. The van der Waals surface area contributed by atoms with Crippen molar-refractivity contribution in [3.63, 3.8) is 0 Å². The quantitative estimate of drug-likeness (QED) is 0.350. The Balaban J connectivity index is 2.09. The number of halogens is 3. The number of carbonyl (C=O) groups is 1. The van der Waals surface area contributed by atoms with Crippen LogP contribution in [0.15, 0.2) is 63.3 Å². The Morgan fingerprint density at radius 2 is 1.75 bits per heavy atom. The smallest absolute Gasteiger partial charge is 0.186 e. The van der Waals surface area contributed by atoms with Gasteiger partial charge in [0, 0.05) is 14.9 Å². The lowest BCUT2D eigenvalue weighted by Gasteiger charge is -2.02. The van der Waals surface area contributed by atoms with Crippen LogP contribution in [-0.2, 0) is 0 Å². The lowest BCUT2D eigenvalue weighted by atomic mass is 10.1. The summed E-state index contributed by atoms with van der Waals surface area (Å²) in [5, 5.41) is 2.83. The fourth-order valence-electron chi connectivity index (χ4n) is 1.50. The van der Waals surface area contributed by atoms with E-state index >= 15 is 0 Å². The van der Waals surface area contributed by atoms with Crippen molar-refractivity contribution in [3.05, 3.63) is 74.0 Å². The molecule has 0 heterocycles. The van der Waals surface area contributed by atoms with Crippen molar-refractivity contribution in [1.29, 1.82) is 0 Å². The highest BCUT2D eigenvalue weighted by molar-refractivity contribution is 9.10. The van der Waals surface area contributed by atoms with Gasteiger partial charge in [0.25, 0.3) is 0 Å². The van der Waals surface area contributed by atoms with Crippen LogP contribution in [0.1, 0.15) is 10.4 Å². The van der Waals surface area contributed by atoms with Gasteiger partial charge in [0.15, 0.2) is 5.78 Å². The molecule has 5 heteroatoms. The Hall–Kier alpha value is -0.740. The lowest BCUT2D eigenvalue weighted by molar-refractivity contribution is 0.104. The minimum Gasteiger partial charge on any atom is -0.289 e.